The van der Waals surface area contributed by atoms with Gasteiger partial charge in [0.05, 0.1) is 26.9 Å². The summed E-state index contributed by atoms with van der Waals surface area (Å²) in [7, 11) is 0. The second kappa shape index (κ2) is 7.46. The fourth-order valence-electron chi connectivity index (χ4n) is 1.60. The zero-order valence-corrected chi connectivity index (χ0v) is 15.7. The number of benzene rings is 2. The molecule has 0 saturated heterocycles. The average molecular weight is 465 g/mol. The van der Waals surface area contributed by atoms with Crippen molar-refractivity contribution in [3.05, 3.63) is 55.6 Å². The highest BCUT2D eigenvalue weighted by Crippen LogP contribution is 2.29. The van der Waals surface area contributed by atoms with Crippen molar-refractivity contribution >= 4 is 77.5 Å². The summed E-state index contributed by atoms with van der Waals surface area (Å²) in [4.78, 5) is 8.23. The number of hydrogen-bond donors (Lipinski definition) is 2. The number of nitrogens with two attached hydrogens (primary N) is 2. The van der Waals surface area contributed by atoms with Crippen LogP contribution < -0.4 is 11.5 Å². The van der Waals surface area contributed by atoms with Crippen molar-refractivity contribution in [3.63, 3.8) is 0 Å². The molecule has 0 atom stereocenters. The molecule has 0 radical (unpaired) electrons. The van der Waals surface area contributed by atoms with Crippen LogP contribution in [-0.4, -0.2) is 9.97 Å². The smallest absolute Gasteiger partial charge is 0.107 e. The van der Waals surface area contributed by atoms with Gasteiger partial charge in [-0.15, -0.1) is 0 Å². The van der Waals surface area contributed by atoms with E-state index in [1.807, 2.05) is 6.07 Å². The highest BCUT2D eigenvalue weighted by molar-refractivity contribution is 9.10. The van der Waals surface area contributed by atoms with E-state index in [1.165, 1.54) is 0 Å². The summed E-state index contributed by atoms with van der Waals surface area (Å²) in [5.74, 6) is 0. The number of anilines is 2. The van der Waals surface area contributed by atoms with Crippen molar-refractivity contribution in [2.24, 2.45) is 0 Å². The summed E-state index contributed by atoms with van der Waals surface area (Å²) in [5, 5.41) is 1.10. The molecule has 0 bridgehead atoms. The highest BCUT2D eigenvalue weighted by atomic mass is 79.9. The summed E-state index contributed by atoms with van der Waals surface area (Å²) < 4.78 is 1.75. The third kappa shape index (κ3) is 4.23. The van der Waals surface area contributed by atoms with E-state index in [4.69, 9.17) is 34.7 Å². The minimum Gasteiger partial charge on any atom is -0.397 e. The quantitative estimate of drug-likeness (QED) is 0.442. The van der Waals surface area contributed by atoms with Gasteiger partial charge in [0.15, 0.2) is 0 Å². The number of aromatic nitrogens is 2. The van der Waals surface area contributed by atoms with Crippen molar-refractivity contribution in [3.8, 4) is 0 Å². The lowest BCUT2D eigenvalue weighted by atomic mass is 10.3. The highest BCUT2D eigenvalue weighted by Gasteiger charge is 2.02. The third-order valence-corrected chi connectivity index (χ3v) is 4.13. The van der Waals surface area contributed by atoms with Crippen LogP contribution in [0.5, 0.6) is 0 Å². The number of fused-ring (bicyclic) bond motifs is 1. The van der Waals surface area contributed by atoms with Crippen molar-refractivity contribution in [1.29, 1.82) is 0 Å². The lowest BCUT2D eigenvalue weighted by Crippen LogP contribution is -1.94. The van der Waals surface area contributed by atoms with Gasteiger partial charge in [-0.25, -0.2) is 0 Å². The van der Waals surface area contributed by atoms with E-state index >= 15 is 0 Å². The van der Waals surface area contributed by atoms with E-state index in [1.54, 1.807) is 30.6 Å². The molecule has 1 aromatic heterocycles. The number of nitrogens with zero attached hydrogens (tertiary/aromatic N) is 2. The molecule has 22 heavy (non-hydrogen) atoms. The van der Waals surface area contributed by atoms with Crippen molar-refractivity contribution in [2.45, 2.75) is 0 Å². The fourth-order valence-corrected chi connectivity index (χ4v) is 3.28. The first-order chi connectivity index (χ1) is 10.4. The largest absolute Gasteiger partial charge is 0.397 e. The lowest BCUT2D eigenvalue weighted by Gasteiger charge is -2.01. The van der Waals surface area contributed by atoms with Gasteiger partial charge in [0.2, 0.25) is 0 Å². The molecule has 0 unspecified atom stereocenters. The minimum absolute atomic E-state index is 0.435. The van der Waals surface area contributed by atoms with Crippen LogP contribution in [0, 0.1) is 0 Å². The maximum atomic E-state index is 5.93. The van der Waals surface area contributed by atoms with Gasteiger partial charge in [0.25, 0.3) is 0 Å². The normalized spacial score (nSPS) is 10.2. The number of rotatable bonds is 0. The second-order valence-electron chi connectivity index (χ2n) is 4.20. The van der Waals surface area contributed by atoms with E-state index in [9.17, 15) is 0 Å². The Morgan fingerprint density at radius 2 is 1.41 bits per heavy atom. The van der Waals surface area contributed by atoms with Gasteiger partial charge in [-0.2, -0.15) is 0 Å². The molecule has 0 aliphatic carbocycles. The average Bonchev–Trinajstić information content (AvgIpc) is 2.45. The standard InChI is InChI=1S/C8H4BrClN2.C6H6BrClN2/c9-5-3-6(10)8-7(4-5)11-1-2-12-8;7-3-1-4(8)6(10)5(9)2-3/h1-4H;1-2H,9-10H2. The molecule has 0 spiro atoms. The van der Waals surface area contributed by atoms with Crippen LogP contribution in [0.1, 0.15) is 0 Å². The molecular weight excluding hydrogens is 455 g/mol. The SMILES string of the molecule is Clc1cc(Br)cc2nccnc12.Nc1cc(Br)cc(Cl)c1N. The molecule has 0 saturated carbocycles. The Hall–Kier alpha value is -1.08. The van der Waals surface area contributed by atoms with Crippen molar-refractivity contribution in [2.75, 3.05) is 11.5 Å². The predicted molar refractivity (Wildman–Crippen MR) is 100 cm³/mol. The van der Waals surface area contributed by atoms with Crippen LogP contribution in [0.4, 0.5) is 11.4 Å². The first-order valence-electron chi connectivity index (χ1n) is 5.94. The summed E-state index contributed by atoms with van der Waals surface area (Å²) in [6, 6.07) is 7.10. The number of nitrogen functional groups attached to an aromatic ring is 2. The molecule has 0 aliphatic rings. The molecule has 0 amide bonds. The van der Waals surface area contributed by atoms with E-state index in [0.717, 1.165) is 20.0 Å². The Morgan fingerprint density at radius 1 is 0.818 bits per heavy atom. The molecule has 3 rings (SSSR count). The molecule has 114 valence electrons. The molecule has 1 heterocycles. The van der Waals surface area contributed by atoms with Crippen LogP contribution in [0.2, 0.25) is 10.0 Å². The van der Waals surface area contributed by atoms with Crippen LogP contribution in [-0.2, 0) is 0 Å². The Kier molecular flexibility index (Phi) is 5.86. The summed E-state index contributed by atoms with van der Waals surface area (Å²) in [6.07, 6.45) is 3.27. The van der Waals surface area contributed by atoms with Crippen molar-refractivity contribution < 1.29 is 0 Å². The molecule has 4 nitrogen and oxygen atoms in total. The number of hydrogen-bond acceptors (Lipinski definition) is 4. The maximum absolute atomic E-state index is 5.93. The third-order valence-electron chi connectivity index (χ3n) is 2.62. The van der Waals surface area contributed by atoms with Crippen LogP contribution in [0.3, 0.4) is 0 Å². The monoisotopic (exact) mass is 462 g/mol. The zero-order chi connectivity index (χ0) is 16.3. The zero-order valence-electron chi connectivity index (χ0n) is 11.0. The molecule has 0 aliphatic heterocycles. The van der Waals surface area contributed by atoms with E-state index < -0.39 is 0 Å². The Labute approximate surface area is 154 Å². The fraction of sp³-hybridized carbons (Fsp3) is 0. The van der Waals surface area contributed by atoms with Gasteiger partial charge in [-0.05, 0) is 24.3 Å². The van der Waals surface area contributed by atoms with Gasteiger partial charge in [-0.3, -0.25) is 9.97 Å². The number of halogens is 4. The molecule has 3 aromatic rings. The van der Waals surface area contributed by atoms with Gasteiger partial charge in [-0.1, -0.05) is 55.1 Å². The first kappa shape index (κ1) is 17.3. The Morgan fingerprint density at radius 3 is 2.09 bits per heavy atom. The van der Waals surface area contributed by atoms with Gasteiger partial charge in [0, 0.05) is 21.3 Å². The van der Waals surface area contributed by atoms with E-state index in [2.05, 4.69) is 41.8 Å². The Balaban J connectivity index is 0.000000164. The van der Waals surface area contributed by atoms with Gasteiger partial charge in [0.1, 0.15) is 5.52 Å². The summed E-state index contributed by atoms with van der Waals surface area (Å²) in [6.45, 7) is 0. The van der Waals surface area contributed by atoms with E-state index in [-0.39, 0.29) is 0 Å². The topological polar surface area (TPSA) is 77.8 Å². The van der Waals surface area contributed by atoms with Gasteiger partial charge < -0.3 is 11.5 Å². The molecule has 2 aromatic carbocycles. The molecule has 8 heteroatoms. The second-order valence-corrected chi connectivity index (χ2v) is 6.85. The maximum Gasteiger partial charge on any atom is 0.107 e. The molecular formula is C14H10Br2Cl2N4. The molecule has 4 N–H and O–H groups in total. The van der Waals surface area contributed by atoms with Crippen LogP contribution >= 0.6 is 55.1 Å². The lowest BCUT2D eigenvalue weighted by molar-refractivity contribution is 1.29. The summed E-state index contributed by atoms with van der Waals surface area (Å²) in [5.41, 5.74) is 13.4. The van der Waals surface area contributed by atoms with Crippen molar-refractivity contribution in [1.82, 2.24) is 9.97 Å². The predicted octanol–water partition coefficient (Wildman–Crippen LogP) is 5.31. The van der Waals surface area contributed by atoms with Crippen LogP contribution in [0.25, 0.3) is 11.0 Å². The van der Waals surface area contributed by atoms with Crippen LogP contribution in [0.15, 0.2) is 45.6 Å². The Bertz CT molecular complexity index is 804. The van der Waals surface area contributed by atoms with E-state index in [0.29, 0.717) is 21.4 Å². The van der Waals surface area contributed by atoms with Gasteiger partial charge >= 0.3 is 0 Å². The minimum atomic E-state index is 0.435. The summed E-state index contributed by atoms with van der Waals surface area (Å²) >= 11 is 18.2. The molecule has 0 fully saturated rings. The first-order valence-corrected chi connectivity index (χ1v) is 8.28.